The third-order valence-corrected chi connectivity index (χ3v) is 3.07. The van der Waals surface area contributed by atoms with Gasteiger partial charge in [-0.25, -0.2) is 0 Å². The number of anilines is 2. The predicted molar refractivity (Wildman–Crippen MR) is 77.6 cm³/mol. The van der Waals surface area contributed by atoms with Crippen molar-refractivity contribution in [2.24, 2.45) is 7.05 Å². The highest BCUT2D eigenvalue weighted by Gasteiger charge is 2.11. The minimum absolute atomic E-state index is 0.173. The number of hydrogen-bond donors (Lipinski definition) is 1. The highest BCUT2D eigenvalue weighted by Crippen LogP contribution is 2.26. The number of methoxy groups -OCH3 is 1. The second kappa shape index (κ2) is 4.97. The summed E-state index contributed by atoms with van der Waals surface area (Å²) in [5, 5.41) is 8.35. The van der Waals surface area contributed by atoms with Crippen molar-refractivity contribution in [3.05, 3.63) is 35.7 Å². The minimum atomic E-state index is 0.173. The summed E-state index contributed by atoms with van der Waals surface area (Å²) in [6.07, 6.45) is 1.70. The molecule has 0 saturated carbocycles. The van der Waals surface area contributed by atoms with Crippen molar-refractivity contribution in [1.29, 1.82) is 0 Å². The Bertz CT molecular complexity index is 771. The van der Waals surface area contributed by atoms with Gasteiger partial charge in [0.15, 0.2) is 5.65 Å². The molecular weight excluding hydrogens is 278 g/mol. The van der Waals surface area contributed by atoms with Crippen LogP contribution in [0.25, 0.3) is 11.0 Å². The molecule has 0 atom stereocenters. The van der Waals surface area contributed by atoms with E-state index in [0.29, 0.717) is 11.5 Å². The van der Waals surface area contributed by atoms with Gasteiger partial charge in [-0.2, -0.15) is 15.1 Å². The highest BCUT2D eigenvalue weighted by atomic mass is 35.5. The first kappa shape index (κ1) is 12.7. The van der Waals surface area contributed by atoms with Gasteiger partial charge >= 0.3 is 0 Å². The first-order valence-corrected chi connectivity index (χ1v) is 6.31. The minimum Gasteiger partial charge on any atom is -0.497 e. The molecule has 2 heterocycles. The van der Waals surface area contributed by atoms with Gasteiger partial charge < -0.3 is 10.1 Å². The number of aryl methyl sites for hydroxylation is 1. The second-order valence-electron chi connectivity index (χ2n) is 4.20. The third kappa shape index (κ3) is 2.25. The van der Waals surface area contributed by atoms with Gasteiger partial charge in [0.1, 0.15) is 11.6 Å². The van der Waals surface area contributed by atoms with Crippen LogP contribution in [0.15, 0.2) is 30.5 Å². The van der Waals surface area contributed by atoms with E-state index in [9.17, 15) is 0 Å². The molecule has 0 aliphatic carbocycles. The number of hydrogen-bond acceptors (Lipinski definition) is 5. The Kier molecular flexibility index (Phi) is 3.15. The molecule has 0 amide bonds. The van der Waals surface area contributed by atoms with Crippen LogP contribution >= 0.6 is 11.6 Å². The lowest BCUT2D eigenvalue weighted by Gasteiger charge is -2.08. The Morgan fingerprint density at radius 2 is 2.15 bits per heavy atom. The molecule has 6 nitrogen and oxygen atoms in total. The van der Waals surface area contributed by atoms with Gasteiger partial charge in [-0.1, -0.05) is 6.07 Å². The summed E-state index contributed by atoms with van der Waals surface area (Å²) in [5.41, 5.74) is 1.53. The van der Waals surface area contributed by atoms with Gasteiger partial charge in [-0.05, 0) is 23.7 Å². The van der Waals surface area contributed by atoms with E-state index in [1.54, 1.807) is 25.0 Å². The Hall–Kier alpha value is -2.34. The highest BCUT2D eigenvalue weighted by molar-refractivity contribution is 6.28. The van der Waals surface area contributed by atoms with Crippen LogP contribution in [0.5, 0.6) is 5.75 Å². The largest absolute Gasteiger partial charge is 0.497 e. The van der Waals surface area contributed by atoms with E-state index in [2.05, 4.69) is 20.4 Å². The number of aromatic nitrogens is 4. The van der Waals surface area contributed by atoms with Crippen molar-refractivity contribution < 1.29 is 4.74 Å². The van der Waals surface area contributed by atoms with Gasteiger partial charge in [-0.15, -0.1) is 0 Å². The van der Waals surface area contributed by atoms with E-state index in [1.807, 2.05) is 24.3 Å². The van der Waals surface area contributed by atoms with Crippen LogP contribution in [-0.4, -0.2) is 26.9 Å². The fourth-order valence-electron chi connectivity index (χ4n) is 1.93. The van der Waals surface area contributed by atoms with Crippen LogP contribution in [0, 0.1) is 0 Å². The molecule has 3 aromatic rings. The molecule has 0 saturated heterocycles. The molecule has 2 aromatic heterocycles. The number of nitrogens with zero attached hydrogens (tertiary/aromatic N) is 4. The molecule has 3 rings (SSSR count). The Morgan fingerprint density at radius 1 is 1.30 bits per heavy atom. The van der Waals surface area contributed by atoms with E-state index in [-0.39, 0.29) is 5.28 Å². The molecule has 20 heavy (non-hydrogen) atoms. The summed E-state index contributed by atoms with van der Waals surface area (Å²) in [7, 11) is 3.43. The number of nitrogens with one attached hydrogen (secondary N) is 1. The van der Waals surface area contributed by atoms with Crippen molar-refractivity contribution in [2.45, 2.75) is 0 Å². The third-order valence-electron chi connectivity index (χ3n) is 2.90. The summed E-state index contributed by atoms with van der Waals surface area (Å²) < 4.78 is 6.85. The van der Waals surface area contributed by atoms with Crippen molar-refractivity contribution in [3.8, 4) is 5.75 Å². The van der Waals surface area contributed by atoms with Crippen LogP contribution in [0.2, 0.25) is 5.28 Å². The van der Waals surface area contributed by atoms with Crippen LogP contribution in [-0.2, 0) is 7.05 Å². The predicted octanol–water partition coefficient (Wildman–Crippen LogP) is 2.77. The SMILES string of the molecule is COc1cccc(Nc2nc(Cl)nc3c2cnn3C)c1. The standard InChI is InChI=1S/C13H12ClN5O/c1-19-12-10(7-15-19)11(17-13(14)18-12)16-8-4-3-5-9(6-8)20-2/h3-7H,1-2H3,(H,16,17,18). The maximum Gasteiger partial charge on any atom is 0.226 e. The molecule has 0 fully saturated rings. The van der Waals surface area contributed by atoms with E-state index >= 15 is 0 Å². The van der Waals surface area contributed by atoms with Gasteiger partial charge in [0, 0.05) is 18.8 Å². The average molecular weight is 290 g/mol. The van der Waals surface area contributed by atoms with Crippen LogP contribution < -0.4 is 10.1 Å². The molecule has 102 valence electrons. The monoisotopic (exact) mass is 289 g/mol. The number of ether oxygens (including phenoxy) is 1. The number of rotatable bonds is 3. The Balaban J connectivity index is 2.05. The summed E-state index contributed by atoms with van der Waals surface area (Å²) in [4.78, 5) is 8.38. The summed E-state index contributed by atoms with van der Waals surface area (Å²) in [6, 6.07) is 7.56. The maximum atomic E-state index is 5.95. The lowest BCUT2D eigenvalue weighted by atomic mass is 10.3. The zero-order valence-electron chi connectivity index (χ0n) is 11.0. The molecular formula is C13H12ClN5O. The average Bonchev–Trinajstić information content (AvgIpc) is 2.81. The van der Waals surface area contributed by atoms with E-state index in [1.165, 1.54) is 0 Å². The molecule has 0 bridgehead atoms. The van der Waals surface area contributed by atoms with Crippen molar-refractivity contribution in [1.82, 2.24) is 19.7 Å². The number of halogens is 1. The van der Waals surface area contributed by atoms with Crippen LogP contribution in [0.4, 0.5) is 11.5 Å². The number of fused-ring (bicyclic) bond motifs is 1. The van der Waals surface area contributed by atoms with Crippen molar-refractivity contribution in [2.75, 3.05) is 12.4 Å². The normalized spacial score (nSPS) is 10.8. The Labute approximate surface area is 120 Å². The first-order chi connectivity index (χ1) is 9.67. The van der Waals surface area contributed by atoms with E-state index in [0.717, 1.165) is 16.8 Å². The van der Waals surface area contributed by atoms with Crippen molar-refractivity contribution in [3.63, 3.8) is 0 Å². The quantitative estimate of drug-likeness (QED) is 0.751. The van der Waals surface area contributed by atoms with Gasteiger partial charge in [0.2, 0.25) is 5.28 Å². The Morgan fingerprint density at radius 3 is 2.95 bits per heavy atom. The lowest BCUT2D eigenvalue weighted by molar-refractivity contribution is 0.415. The molecule has 0 radical (unpaired) electrons. The molecule has 0 aliphatic rings. The summed E-state index contributed by atoms with van der Waals surface area (Å²) in [5.74, 6) is 1.37. The molecule has 1 N–H and O–H groups in total. The molecule has 0 aliphatic heterocycles. The van der Waals surface area contributed by atoms with Crippen molar-refractivity contribution >= 4 is 34.1 Å². The van der Waals surface area contributed by atoms with Crippen LogP contribution in [0.3, 0.4) is 0 Å². The maximum absolute atomic E-state index is 5.95. The fraction of sp³-hybridized carbons (Fsp3) is 0.154. The summed E-state index contributed by atoms with van der Waals surface area (Å²) in [6.45, 7) is 0. The zero-order valence-corrected chi connectivity index (χ0v) is 11.7. The zero-order chi connectivity index (χ0) is 14.1. The molecule has 0 spiro atoms. The number of benzene rings is 1. The molecule has 1 aromatic carbocycles. The topological polar surface area (TPSA) is 64.9 Å². The summed E-state index contributed by atoms with van der Waals surface area (Å²) >= 11 is 5.95. The van der Waals surface area contributed by atoms with Gasteiger partial charge in [0.05, 0.1) is 18.7 Å². The van der Waals surface area contributed by atoms with Gasteiger partial charge in [-0.3, -0.25) is 4.68 Å². The van der Waals surface area contributed by atoms with Gasteiger partial charge in [0.25, 0.3) is 0 Å². The second-order valence-corrected chi connectivity index (χ2v) is 4.54. The lowest BCUT2D eigenvalue weighted by Crippen LogP contribution is -1.98. The van der Waals surface area contributed by atoms with Crippen LogP contribution in [0.1, 0.15) is 0 Å². The molecule has 0 unspecified atom stereocenters. The smallest absolute Gasteiger partial charge is 0.226 e. The fourth-order valence-corrected chi connectivity index (χ4v) is 2.09. The first-order valence-electron chi connectivity index (χ1n) is 5.93. The van der Waals surface area contributed by atoms with E-state index in [4.69, 9.17) is 16.3 Å². The van der Waals surface area contributed by atoms with E-state index < -0.39 is 0 Å². The molecule has 7 heteroatoms.